The van der Waals surface area contributed by atoms with Gasteiger partial charge in [-0.05, 0) is 0 Å². The SMILES string of the molecule is Cc1ccc([PH](O)(S)S)cc1. The minimum atomic E-state index is -2.67. The van der Waals surface area contributed by atoms with Crippen molar-refractivity contribution in [1.29, 1.82) is 0 Å². The van der Waals surface area contributed by atoms with Crippen LogP contribution in [0.4, 0.5) is 0 Å². The molecular formula is C7H11OPS2. The second-order valence-electron chi connectivity index (χ2n) is 2.50. The van der Waals surface area contributed by atoms with Gasteiger partial charge in [-0.2, -0.15) is 0 Å². The molecule has 1 aromatic rings. The van der Waals surface area contributed by atoms with Crippen LogP contribution in [0.15, 0.2) is 24.3 Å². The average molecular weight is 206 g/mol. The Morgan fingerprint density at radius 3 is 2.00 bits per heavy atom. The van der Waals surface area contributed by atoms with Crippen molar-refractivity contribution in [3.05, 3.63) is 29.8 Å². The van der Waals surface area contributed by atoms with Crippen molar-refractivity contribution in [1.82, 2.24) is 0 Å². The summed E-state index contributed by atoms with van der Waals surface area (Å²) >= 11 is 8.07. The number of thiol groups is 2. The summed E-state index contributed by atoms with van der Waals surface area (Å²) < 4.78 is 0. The molecule has 62 valence electrons. The van der Waals surface area contributed by atoms with Crippen molar-refractivity contribution in [2.45, 2.75) is 6.92 Å². The monoisotopic (exact) mass is 206 g/mol. The van der Waals surface area contributed by atoms with Gasteiger partial charge < -0.3 is 0 Å². The summed E-state index contributed by atoms with van der Waals surface area (Å²) in [5.74, 6) is -2.67. The molecule has 1 nitrogen and oxygen atoms in total. The van der Waals surface area contributed by atoms with E-state index in [0.717, 1.165) is 5.30 Å². The summed E-state index contributed by atoms with van der Waals surface area (Å²) in [5.41, 5.74) is 1.17. The van der Waals surface area contributed by atoms with E-state index >= 15 is 0 Å². The minimum absolute atomic E-state index is 0.828. The Morgan fingerprint density at radius 1 is 1.18 bits per heavy atom. The van der Waals surface area contributed by atoms with Crippen LogP contribution in [-0.4, -0.2) is 4.89 Å². The van der Waals surface area contributed by atoms with E-state index in [-0.39, 0.29) is 0 Å². The van der Waals surface area contributed by atoms with Gasteiger partial charge in [0.15, 0.2) is 0 Å². The van der Waals surface area contributed by atoms with Crippen LogP contribution >= 0.6 is 30.4 Å². The maximum atomic E-state index is 9.45. The van der Waals surface area contributed by atoms with Gasteiger partial charge in [-0.15, -0.1) is 0 Å². The second kappa shape index (κ2) is 3.36. The molecule has 0 aromatic heterocycles. The van der Waals surface area contributed by atoms with E-state index in [0.29, 0.717) is 0 Å². The maximum absolute atomic E-state index is 9.45. The summed E-state index contributed by atoms with van der Waals surface area (Å²) in [6, 6.07) is 7.61. The zero-order valence-corrected chi connectivity index (χ0v) is 8.94. The molecule has 0 amide bonds. The van der Waals surface area contributed by atoms with E-state index in [1.165, 1.54) is 5.56 Å². The third-order valence-electron chi connectivity index (χ3n) is 1.44. The van der Waals surface area contributed by atoms with E-state index in [9.17, 15) is 4.89 Å². The average Bonchev–Trinajstić information content (AvgIpc) is 1.86. The molecule has 11 heavy (non-hydrogen) atoms. The Hall–Kier alpha value is 0.310. The summed E-state index contributed by atoms with van der Waals surface area (Å²) in [6.45, 7) is 2.00. The van der Waals surface area contributed by atoms with Crippen molar-refractivity contribution in [3.8, 4) is 0 Å². The van der Waals surface area contributed by atoms with Crippen LogP contribution < -0.4 is 5.30 Å². The summed E-state index contributed by atoms with van der Waals surface area (Å²) in [5, 5.41) is 0.828. The van der Waals surface area contributed by atoms with Crippen LogP contribution in [0.1, 0.15) is 5.56 Å². The first-order chi connectivity index (χ1) is 5.00. The van der Waals surface area contributed by atoms with E-state index in [2.05, 4.69) is 24.5 Å². The molecule has 0 spiro atoms. The van der Waals surface area contributed by atoms with Crippen molar-refractivity contribution >= 4 is 35.7 Å². The Labute approximate surface area is 77.6 Å². The van der Waals surface area contributed by atoms with Crippen LogP contribution in [0.5, 0.6) is 0 Å². The number of aryl methyl sites for hydroxylation is 1. The molecule has 1 aromatic carbocycles. The molecule has 1 N–H and O–H groups in total. The zero-order valence-electron chi connectivity index (χ0n) is 6.15. The first-order valence-corrected chi connectivity index (χ1v) is 7.77. The van der Waals surface area contributed by atoms with Crippen LogP contribution in [0.3, 0.4) is 0 Å². The van der Waals surface area contributed by atoms with Gasteiger partial charge in [-0.1, -0.05) is 0 Å². The van der Waals surface area contributed by atoms with Crippen LogP contribution in [-0.2, 0) is 0 Å². The van der Waals surface area contributed by atoms with E-state index in [1.807, 2.05) is 31.2 Å². The van der Waals surface area contributed by atoms with Crippen LogP contribution in [0.25, 0.3) is 0 Å². The molecule has 0 atom stereocenters. The molecule has 0 aliphatic carbocycles. The normalized spacial score (nSPS) is 13.1. The van der Waals surface area contributed by atoms with E-state index in [4.69, 9.17) is 0 Å². The molecule has 0 unspecified atom stereocenters. The fourth-order valence-corrected chi connectivity index (χ4v) is 2.29. The third-order valence-corrected chi connectivity index (χ3v) is 4.10. The van der Waals surface area contributed by atoms with Gasteiger partial charge in [0, 0.05) is 0 Å². The van der Waals surface area contributed by atoms with Crippen molar-refractivity contribution in [3.63, 3.8) is 0 Å². The fourth-order valence-electron chi connectivity index (χ4n) is 0.777. The van der Waals surface area contributed by atoms with E-state index < -0.39 is 5.89 Å². The first kappa shape index (κ1) is 9.40. The standard InChI is InChI=1S/C7H11OPS2/c1-6-2-4-7(5-3-6)9(8,10)11/h2-5,8-11H,1H3. The van der Waals surface area contributed by atoms with Crippen molar-refractivity contribution in [2.75, 3.05) is 0 Å². The summed E-state index contributed by atoms with van der Waals surface area (Å²) in [4.78, 5) is 9.45. The Balaban J connectivity index is 2.99. The fraction of sp³-hybridized carbons (Fsp3) is 0.143. The predicted molar refractivity (Wildman–Crippen MR) is 59.3 cm³/mol. The van der Waals surface area contributed by atoms with Crippen molar-refractivity contribution in [2.24, 2.45) is 0 Å². The molecule has 0 saturated carbocycles. The van der Waals surface area contributed by atoms with Gasteiger partial charge in [0.05, 0.1) is 0 Å². The molecular weight excluding hydrogens is 195 g/mol. The Kier molecular flexibility index (Phi) is 2.87. The van der Waals surface area contributed by atoms with Crippen molar-refractivity contribution < 1.29 is 4.89 Å². The second-order valence-corrected chi connectivity index (χ2v) is 9.29. The number of rotatable bonds is 1. The number of hydrogen-bond acceptors (Lipinski definition) is 3. The molecule has 0 fully saturated rings. The molecule has 0 aliphatic rings. The van der Waals surface area contributed by atoms with Crippen LogP contribution in [0.2, 0.25) is 0 Å². The van der Waals surface area contributed by atoms with Crippen LogP contribution in [0, 0.1) is 6.92 Å². The summed E-state index contributed by atoms with van der Waals surface area (Å²) in [6.07, 6.45) is 0. The number of hydrogen-bond donors (Lipinski definition) is 3. The molecule has 1 rings (SSSR count). The van der Waals surface area contributed by atoms with Gasteiger partial charge in [0.2, 0.25) is 0 Å². The van der Waals surface area contributed by atoms with Gasteiger partial charge in [-0.3, -0.25) is 0 Å². The molecule has 0 bridgehead atoms. The van der Waals surface area contributed by atoms with Gasteiger partial charge >= 0.3 is 77.3 Å². The molecule has 0 radical (unpaired) electrons. The van der Waals surface area contributed by atoms with E-state index in [1.54, 1.807) is 0 Å². The predicted octanol–water partition coefficient (Wildman–Crippen LogP) is 1.97. The number of benzene rings is 1. The molecule has 0 saturated heterocycles. The molecule has 0 heterocycles. The first-order valence-electron chi connectivity index (χ1n) is 3.24. The Bertz CT molecular complexity index is 240. The molecule has 4 heteroatoms. The zero-order chi connectivity index (χ0) is 8.48. The molecule has 0 aliphatic heterocycles. The quantitative estimate of drug-likeness (QED) is 0.474. The Morgan fingerprint density at radius 2 is 1.64 bits per heavy atom. The van der Waals surface area contributed by atoms with Gasteiger partial charge in [-0.25, -0.2) is 0 Å². The topological polar surface area (TPSA) is 20.2 Å². The van der Waals surface area contributed by atoms with Gasteiger partial charge in [0.25, 0.3) is 0 Å². The summed E-state index contributed by atoms with van der Waals surface area (Å²) in [7, 11) is 0. The third kappa shape index (κ3) is 2.68. The van der Waals surface area contributed by atoms with Gasteiger partial charge in [0.1, 0.15) is 0 Å².